The van der Waals surface area contributed by atoms with Gasteiger partial charge in [0.1, 0.15) is 0 Å². The third-order valence-electron chi connectivity index (χ3n) is 4.48. The minimum absolute atomic E-state index is 1.27. The molecule has 1 aromatic rings. The van der Waals surface area contributed by atoms with Crippen molar-refractivity contribution in [2.45, 2.75) is 41.5 Å². The van der Waals surface area contributed by atoms with E-state index in [1.807, 2.05) is 0 Å². The first-order valence-electron chi connectivity index (χ1n) is 9.57. The summed E-state index contributed by atoms with van der Waals surface area (Å²) in [5, 5.41) is 20.2. The highest BCUT2D eigenvalue weighted by Gasteiger charge is 2.23. The summed E-state index contributed by atoms with van der Waals surface area (Å²) in [5.41, 5.74) is -1.89. The number of hydrogen-bond donors (Lipinski definition) is 2. The molecule has 2 N–H and O–H groups in total. The minimum atomic E-state index is -3.26. The summed E-state index contributed by atoms with van der Waals surface area (Å²) in [6.07, 6.45) is 0. The predicted octanol–water partition coefficient (Wildman–Crippen LogP) is -1.34. The second-order valence-corrected chi connectivity index (χ2v) is 5.94. The summed E-state index contributed by atoms with van der Waals surface area (Å²) < 4.78 is 62.0. The molecule has 0 bridgehead atoms. The van der Waals surface area contributed by atoms with Crippen LogP contribution in [0.3, 0.4) is 0 Å². The molecule has 0 saturated heterocycles. The molecule has 164 valence electrons. The molecule has 10 heteroatoms. The molecule has 4 nitrogen and oxygen atoms in total. The molecule has 0 aliphatic carbocycles. The van der Waals surface area contributed by atoms with E-state index in [0.29, 0.717) is 0 Å². The molecule has 1 aromatic carbocycles. The summed E-state index contributed by atoms with van der Waals surface area (Å²) >= 11 is 0. The molecule has 0 unspecified atom stereocenters. The van der Waals surface area contributed by atoms with E-state index in [-0.39, 0.29) is 0 Å². The summed E-state index contributed by atoms with van der Waals surface area (Å²) in [6, 6.07) is 0. The Bertz CT molecular complexity index is 505. The molecule has 0 radical (unpaired) electrons. The molecule has 0 atom stereocenters. The molecule has 0 aromatic heterocycles. The van der Waals surface area contributed by atoms with E-state index in [1.165, 1.54) is 39.3 Å². The number of hydrogen-bond acceptors (Lipinski definition) is 2. The van der Waals surface area contributed by atoms with E-state index in [9.17, 15) is 32.0 Å². The Morgan fingerprint density at radius 3 is 0.893 bits per heavy atom. The number of benzene rings is 1. The van der Waals surface area contributed by atoms with Crippen molar-refractivity contribution in [3.63, 3.8) is 0 Å². The molecule has 0 spiro atoms. The fourth-order valence-corrected chi connectivity index (χ4v) is 2.33. The molecule has 0 aliphatic rings. The van der Waals surface area contributed by atoms with Crippen LogP contribution in [0.2, 0.25) is 0 Å². The fourth-order valence-electron chi connectivity index (χ4n) is 2.33. The first-order chi connectivity index (χ1) is 13.1. The monoisotopic (exact) mass is 414 g/mol. The quantitative estimate of drug-likeness (QED) is 0.251. The van der Waals surface area contributed by atoms with Gasteiger partial charge in [-0.3, -0.25) is 0 Å². The maximum absolute atomic E-state index is 12.5. The molecule has 0 heterocycles. The third kappa shape index (κ3) is 9.31. The molecule has 28 heavy (non-hydrogen) atoms. The van der Waals surface area contributed by atoms with Gasteiger partial charge in [0.25, 0.3) is 0 Å². The normalized spacial score (nSPS) is 10.4. The highest BCUT2D eigenvalue weighted by molar-refractivity contribution is 6.55. The zero-order valence-corrected chi connectivity index (χ0v) is 17.5. The molecular formula is C18H32BF5N2O2. The van der Waals surface area contributed by atoms with Crippen LogP contribution in [0.4, 0.5) is 22.0 Å². The van der Waals surface area contributed by atoms with Crippen LogP contribution in [-0.4, -0.2) is 46.4 Å². The average molecular weight is 414 g/mol. The maximum atomic E-state index is 12.5. The van der Waals surface area contributed by atoms with Crippen molar-refractivity contribution >= 4 is 12.6 Å². The van der Waals surface area contributed by atoms with E-state index >= 15 is 0 Å². The van der Waals surface area contributed by atoms with Gasteiger partial charge in [0.2, 0.25) is 0 Å². The second-order valence-electron chi connectivity index (χ2n) is 5.94. The van der Waals surface area contributed by atoms with E-state index < -0.39 is 41.7 Å². The lowest BCUT2D eigenvalue weighted by atomic mass is 9.79. The van der Waals surface area contributed by atoms with E-state index in [4.69, 9.17) is 0 Å². The number of nitrogens with one attached hydrogen (secondary N) is 2. The van der Waals surface area contributed by atoms with Crippen LogP contribution >= 0.6 is 0 Å². The van der Waals surface area contributed by atoms with Crippen LogP contribution < -0.4 is 25.3 Å². The summed E-state index contributed by atoms with van der Waals surface area (Å²) in [4.78, 5) is 3.36. The van der Waals surface area contributed by atoms with Gasteiger partial charge in [-0.05, 0) is 47.0 Å². The first-order valence-corrected chi connectivity index (χ1v) is 9.57. The van der Waals surface area contributed by atoms with Crippen LogP contribution in [0.25, 0.3) is 0 Å². The topological polar surface area (TPSA) is 55.0 Å². The standard InChI is InChI=1S/C6BF5O2.2C6H15N/c8-2-1(7(13)14)3(9)5(11)6(12)4(2)10;2*1-4-7(5-2)6-3/h;2*4-6H2,1-3H3/q-2;;/p+2. The zero-order chi connectivity index (χ0) is 22.4. The van der Waals surface area contributed by atoms with Gasteiger partial charge >= 0.3 is 0 Å². The fraction of sp³-hybridized carbons (Fsp3) is 0.667. The Hall–Kier alpha value is -1.23. The lowest BCUT2D eigenvalue weighted by Crippen LogP contribution is -3.11. The molecule has 0 fully saturated rings. The van der Waals surface area contributed by atoms with Crippen LogP contribution in [-0.2, 0) is 0 Å². The second kappa shape index (κ2) is 15.7. The average Bonchev–Trinajstić information content (AvgIpc) is 2.68. The van der Waals surface area contributed by atoms with E-state index in [0.717, 1.165) is 0 Å². The van der Waals surface area contributed by atoms with Crippen LogP contribution in [0.1, 0.15) is 41.5 Å². The predicted molar refractivity (Wildman–Crippen MR) is 96.8 cm³/mol. The Kier molecular flexibility index (Phi) is 16.2. The Labute approximate surface area is 165 Å². The van der Waals surface area contributed by atoms with Gasteiger partial charge < -0.3 is 19.8 Å². The van der Waals surface area contributed by atoms with Crippen molar-refractivity contribution in [1.29, 1.82) is 0 Å². The Morgan fingerprint density at radius 2 is 0.750 bits per heavy atom. The zero-order valence-electron chi connectivity index (χ0n) is 17.5. The SMILES string of the molecule is CC[NH+](CC)CC.CC[NH+](CC)CC.[O-]B([O-])c1c(F)c(F)c(F)c(F)c1F. The first kappa shape index (κ1) is 29.0. The van der Waals surface area contributed by atoms with Crippen molar-refractivity contribution < 1.29 is 41.8 Å². The molecule has 1 rings (SSSR count). The van der Waals surface area contributed by atoms with Crippen molar-refractivity contribution in [1.82, 2.24) is 0 Å². The van der Waals surface area contributed by atoms with Gasteiger partial charge in [0, 0.05) is 0 Å². The summed E-state index contributed by atoms with van der Waals surface area (Å²) in [5.74, 6) is -11.7. The highest BCUT2D eigenvalue weighted by Crippen LogP contribution is 2.15. The highest BCUT2D eigenvalue weighted by atomic mass is 19.2. The maximum Gasteiger partial charge on any atom is 0.200 e. The molecular weight excluding hydrogens is 382 g/mol. The summed E-state index contributed by atoms with van der Waals surface area (Å²) in [7, 11) is -3.26. The largest absolute Gasteiger partial charge is 0.889 e. The number of halogens is 5. The Balaban J connectivity index is 0. The summed E-state index contributed by atoms with van der Waals surface area (Å²) in [6.45, 7) is 21.0. The van der Waals surface area contributed by atoms with Crippen molar-refractivity contribution in [3.8, 4) is 0 Å². The van der Waals surface area contributed by atoms with Crippen LogP contribution in [0.15, 0.2) is 0 Å². The van der Waals surface area contributed by atoms with Gasteiger partial charge in [0.05, 0.1) is 39.3 Å². The van der Waals surface area contributed by atoms with Gasteiger partial charge in [-0.2, -0.15) is 0 Å². The number of quaternary nitrogens is 2. The van der Waals surface area contributed by atoms with E-state index in [2.05, 4.69) is 41.5 Å². The Morgan fingerprint density at radius 1 is 0.536 bits per heavy atom. The lowest BCUT2D eigenvalue weighted by molar-refractivity contribution is -0.894. The van der Waals surface area contributed by atoms with E-state index in [1.54, 1.807) is 9.80 Å². The number of rotatable bonds is 7. The van der Waals surface area contributed by atoms with Crippen molar-refractivity contribution in [3.05, 3.63) is 29.1 Å². The van der Waals surface area contributed by atoms with Crippen LogP contribution in [0, 0.1) is 29.1 Å². The minimum Gasteiger partial charge on any atom is -0.889 e. The van der Waals surface area contributed by atoms with Gasteiger partial charge in [-0.25, -0.2) is 22.0 Å². The molecule has 0 amide bonds. The molecule has 0 saturated carbocycles. The van der Waals surface area contributed by atoms with Gasteiger partial charge in [-0.15, -0.1) is 0 Å². The van der Waals surface area contributed by atoms with Gasteiger partial charge in [0.15, 0.2) is 29.1 Å². The lowest BCUT2D eigenvalue weighted by Gasteiger charge is -2.27. The van der Waals surface area contributed by atoms with Crippen molar-refractivity contribution in [2.75, 3.05) is 39.3 Å². The third-order valence-corrected chi connectivity index (χ3v) is 4.48. The van der Waals surface area contributed by atoms with Gasteiger partial charge in [-0.1, -0.05) is 7.12 Å². The van der Waals surface area contributed by atoms with Crippen LogP contribution in [0.5, 0.6) is 0 Å². The smallest absolute Gasteiger partial charge is 0.200 e. The van der Waals surface area contributed by atoms with Crippen molar-refractivity contribution in [2.24, 2.45) is 0 Å². The molecule has 0 aliphatic heterocycles.